The molecule has 1 saturated carbocycles. The zero-order valence-electron chi connectivity index (χ0n) is 21.3. The van der Waals surface area contributed by atoms with Crippen LogP contribution in [0.3, 0.4) is 0 Å². The maximum atomic E-state index is 14.3. The molecule has 0 N–H and O–H groups in total. The van der Waals surface area contributed by atoms with Crippen molar-refractivity contribution in [2.24, 2.45) is 16.8 Å². The molecule has 194 valence electrons. The molecule has 4 rings (SSSR count). The molecule has 0 saturated heterocycles. The first-order valence-electron chi connectivity index (χ1n) is 12.4. The number of para-hydroxylation sites is 1. The zero-order chi connectivity index (χ0) is 26.7. The van der Waals surface area contributed by atoms with Crippen molar-refractivity contribution in [2.45, 2.75) is 39.0 Å². The van der Waals surface area contributed by atoms with Gasteiger partial charge in [-0.1, -0.05) is 46.3 Å². The molecule has 1 fully saturated rings. The Morgan fingerprint density at radius 3 is 2.32 bits per heavy atom. The van der Waals surface area contributed by atoms with Gasteiger partial charge in [-0.15, -0.1) is 0 Å². The highest BCUT2D eigenvalue weighted by atomic mass is 79.9. The van der Waals surface area contributed by atoms with E-state index < -0.39 is 35.6 Å². The summed E-state index contributed by atoms with van der Waals surface area (Å²) in [5, 5.41) is 0. The number of hydrogen-bond donors (Lipinski definition) is 0. The lowest BCUT2D eigenvalue weighted by molar-refractivity contribution is -0.153. The molecule has 1 aliphatic carbocycles. The first kappa shape index (κ1) is 26.8. The molecule has 0 radical (unpaired) electrons. The number of nitrogens with zero attached hydrogens (tertiary/aromatic N) is 1. The van der Waals surface area contributed by atoms with Crippen LogP contribution in [0.1, 0.15) is 50.2 Å². The van der Waals surface area contributed by atoms with Gasteiger partial charge in [-0.25, -0.2) is 4.79 Å². The lowest BCUT2D eigenvalue weighted by atomic mass is 9.62. The summed E-state index contributed by atoms with van der Waals surface area (Å²) in [7, 11) is 1.56. The van der Waals surface area contributed by atoms with E-state index in [-0.39, 0.29) is 19.0 Å². The fraction of sp³-hybridized carbons (Fsp3) is 0.379. The molecule has 1 aliphatic heterocycles. The van der Waals surface area contributed by atoms with E-state index in [1.54, 1.807) is 27.9 Å². The van der Waals surface area contributed by atoms with Gasteiger partial charge in [-0.3, -0.25) is 14.6 Å². The van der Waals surface area contributed by atoms with Gasteiger partial charge in [0.05, 0.1) is 31.8 Å². The summed E-state index contributed by atoms with van der Waals surface area (Å²) in [4.78, 5) is 45.6. The average Bonchev–Trinajstić information content (AvgIpc) is 2.88. The molecule has 2 aromatic carbocycles. The third kappa shape index (κ3) is 5.12. The zero-order valence-corrected chi connectivity index (χ0v) is 22.9. The van der Waals surface area contributed by atoms with Gasteiger partial charge in [0.2, 0.25) is 0 Å². The molecule has 2 aliphatic rings. The molecule has 0 amide bonds. The average molecular weight is 568 g/mol. The molecular weight excluding hydrogens is 538 g/mol. The molecule has 1 unspecified atom stereocenters. The number of benzene rings is 2. The smallest absolute Gasteiger partial charge is 0.336 e. The number of ketones is 1. The number of hydrogen-bond acceptors (Lipinski definition) is 7. The Morgan fingerprint density at radius 2 is 1.68 bits per heavy atom. The first-order valence-corrected chi connectivity index (χ1v) is 13.2. The number of methoxy groups -OCH3 is 1. The van der Waals surface area contributed by atoms with Crippen molar-refractivity contribution in [3.63, 3.8) is 0 Å². The van der Waals surface area contributed by atoms with Gasteiger partial charge < -0.3 is 14.2 Å². The predicted octanol–water partition coefficient (Wildman–Crippen LogP) is 5.39. The van der Waals surface area contributed by atoms with Crippen LogP contribution in [0.15, 0.2) is 69.3 Å². The minimum atomic E-state index is -1.07. The van der Waals surface area contributed by atoms with Gasteiger partial charge in [0.15, 0.2) is 5.78 Å². The normalized spacial score (nSPS) is 23.2. The highest BCUT2D eigenvalue weighted by Crippen LogP contribution is 2.49. The van der Waals surface area contributed by atoms with E-state index in [9.17, 15) is 14.4 Å². The Morgan fingerprint density at radius 1 is 1.00 bits per heavy atom. The number of fused-ring (bicyclic) bond motifs is 1. The van der Waals surface area contributed by atoms with Crippen LogP contribution in [-0.4, -0.2) is 43.8 Å². The molecule has 0 bridgehead atoms. The van der Waals surface area contributed by atoms with Gasteiger partial charge >= 0.3 is 11.9 Å². The number of carbonyl (C=O) groups excluding carboxylic acids is 3. The maximum Gasteiger partial charge on any atom is 0.336 e. The summed E-state index contributed by atoms with van der Waals surface area (Å²) in [5.74, 6) is -3.84. The summed E-state index contributed by atoms with van der Waals surface area (Å²) in [6, 6.07) is 14.9. The second kappa shape index (κ2) is 11.4. The van der Waals surface area contributed by atoms with Crippen LogP contribution in [0.5, 0.6) is 5.75 Å². The number of ether oxygens (including phenoxy) is 3. The summed E-state index contributed by atoms with van der Waals surface area (Å²) < 4.78 is 17.2. The third-order valence-corrected chi connectivity index (χ3v) is 7.48. The van der Waals surface area contributed by atoms with Crippen molar-refractivity contribution >= 4 is 39.4 Å². The number of Topliss-reactive ketones (excluding diaryl/α,β-unsaturated/α-hetero) is 1. The standard InChI is InChI=1S/C29H30BrNO6/c1-5-36-28(33)23-16(3)31-21-15-20(19-9-7-8-10-22(19)35-4)25(29(34)37-6-2)27(32)26(21)24(23)17-11-13-18(30)14-12-17/h7-14,20,24-26H,5-6,15H2,1-4H3/t20-,24+,25-,26?/m0/s1. The molecular formula is C29H30BrNO6. The molecule has 2 aromatic rings. The first-order chi connectivity index (χ1) is 17.8. The number of rotatable bonds is 7. The molecule has 8 heteroatoms. The minimum Gasteiger partial charge on any atom is -0.496 e. The highest BCUT2D eigenvalue weighted by Gasteiger charge is 2.53. The largest absolute Gasteiger partial charge is 0.496 e. The second-order valence-electron chi connectivity index (χ2n) is 9.01. The van der Waals surface area contributed by atoms with Crippen LogP contribution in [0.2, 0.25) is 0 Å². The monoisotopic (exact) mass is 567 g/mol. The fourth-order valence-electron chi connectivity index (χ4n) is 5.45. The van der Waals surface area contributed by atoms with Crippen molar-refractivity contribution in [3.05, 3.63) is 75.4 Å². The summed E-state index contributed by atoms with van der Waals surface area (Å²) in [6.07, 6.45) is 0.348. The lowest BCUT2D eigenvalue weighted by Gasteiger charge is -2.41. The molecule has 7 nitrogen and oxygen atoms in total. The van der Waals surface area contributed by atoms with Gasteiger partial charge in [-0.05, 0) is 56.5 Å². The van der Waals surface area contributed by atoms with Crippen molar-refractivity contribution in [2.75, 3.05) is 20.3 Å². The van der Waals surface area contributed by atoms with E-state index in [2.05, 4.69) is 15.9 Å². The number of allylic oxidation sites excluding steroid dienone is 1. The predicted molar refractivity (Wildman–Crippen MR) is 143 cm³/mol. The van der Waals surface area contributed by atoms with Gasteiger partial charge in [0.25, 0.3) is 0 Å². The lowest BCUT2D eigenvalue weighted by Crippen LogP contribution is -2.48. The molecule has 1 heterocycles. The maximum absolute atomic E-state index is 14.3. The Balaban J connectivity index is 1.91. The quantitative estimate of drug-likeness (QED) is 0.329. The number of aliphatic imine (C=N–C) groups is 1. The van der Waals surface area contributed by atoms with Crippen LogP contribution >= 0.6 is 15.9 Å². The van der Waals surface area contributed by atoms with E-state index in [1.165, 1.54) is 0 Å². The molecule has 37 heavy (non-hydrogen) atoms. The van der Waals surface area contributed by atoms with Crippen LogP contribution in [0.4, 0.5) is 0 Å². The van der Waals surface area contributed by atoms with E-state index in [0.717, 1.165) is 15.6 Å². The summed E-state index contributed by atoms with van der Waals surface area (Å²) in [5.41, 5.74) is 3.01. The summed E-state index contributed by atoms with van der Waals surface area (Å²) >= 11 is 3.46. The van der Waals surface area contributed by atoms with Gasteiger partial charge in [-0.2, -0.15) is 0 Å². The van der Waals surface area contributed by atoms with E-state index >= 15 is 0 Å². The van der Waals surface area contributed by atoms with Gasteiger partial charge in [0.1, 0.15) is 11.7 Å². The number of esters is 2. The van der Waals surface area contributed by atoms with Gasteiger partial charge in [0, 0.05) is 27.7 Å². The van der Waals surface area contributed by atoms with Crippen molar-refractivity contribution < 1.29 is 28.6 Å². The van der Waals surface area contributed by atoms with Crippen molar-refractivity contribution in [1.29, 1.82) is 0 Å². The van der Waals surface area contributed by atoms with Crippen LogP contribution in [0.25, 0.3) is 0 Å². The Labute approximate surface area is 225 Å². The van der Waals surface area contributed by atoms with E-state index in [4.69, 9.17) is 19.2 Å². The van der Waals surface area contributed by atoms with E-state index in [0.29, 0.717) is 29.2 Å². The van der Waals surface area contributed by atoms with Crippen molar-refractivity contribution in [3.8, 4) is 5.75 Å². The Hall–Kier alpha value is -3.26. The summed E-state index contributed by atoms with van der Waals surface area (Å²) in [6.45, 7) is 5.56. The fourth-order valence-corrected chi connectivity index (χ4v) is 5.72. The topological polar surface area (TPSA) is 91.3 Å². The van der Waals surface area contributed by atoms with Crippen LogP contribution < -0.4 is 4.74 Å². The number of halogens is 1. The SMILES string of the molecule is CCOC(=O)C1=C(C)N=C2C[C@@H](c3ccccc3OC)[C@H](C(=O)OCC)C(=O)C2[C@@H]1c1ccc(Br)cc1. The second-order valence-corrected chi connectivity index (χ2v) is 9.93. The Kier molecular flexibility index (Phi) is 8.27. The number of carbonyl (C=O) groups is 3. The van der Waals surface area contributed by atoms with Crippen molar-refractivity contribution in [1.82, 2.24) is 0 Å². The van der Waals surface area contributed by atoms with Crippen LogP contribution in [-0.2, 0) is 23.9 Å². The third-order valence-electron chi connectivity index (χ3n) is 6.95. The molecule has 0 aromatic heterocycles. The molecule has 0 spiro atoms. The molecule has 4 atom stereocenters. The van der Waals surface area contributed by atoms with E-state index in [1.807, 2.05) is 48.5 Å². The van der Waals surface area contributed by atoms with Crippen LogP contribution in [0, 0.1) is 11.8 Å². The highest BCUT2D eigenvalue weighted by molar-refractivity contribution is 9.10. The Bertz CT molecular complexity index is 1270. The minimum absolute atomic E-state index is 0.149.